The highest BCUT2D eigenvalue weighted by Crippen LogP contribution is 2.08. The quantitative estimate of drug-likeness (QED) is 0.862. The lowest BCUT2D eigenvalue weighted by atomic mass is 10.1. The summed E-state index contributed by atoms with van der Waals surface area (Å²) in [4.78, 5) is 11.5. The Bertz CT molecular complexity index is 382. The van der Waals surface area contributed by atoms with Gasteiger partial charge >= 0.3 is 6.09 Å². The van der Waals surface area contributed by atoms with Gasteiger partial charge in [-0.25, -0.2) is 4.79 Å². The topological polar surface area (TPSA) is 38.3 Å². The second-order valence-corrected chi connectivity index (χ2v) is 5.90. The van der Waals surface area contributed by atoms with Crippen LogP contribution in [0.4, 0.5) is 4.79 Å². The van der Waals surface area contributed by atoms with Crippen LogP contribution in [0.25, 0.3) is 0 Å². The molecule has 0 aliphatic rings. The zero-order valence-electron chi connectivity index (χ0n) is 11.1. The average molecular weight is 314 g/mol. The molecule has 1 aromatic carbocycles. The molecule has 1 N–H and O–H groups in total. The van der Waals surface area contributed by atoms with E-state index in [2.05, 4.69) is 33.4 Å². The van der Waals surface area contributed by atoms with Crippen LogP contribution in [0.1, 0.15) is 31.9 Å². The smallest absolute Gasteiger partial charge is 0.407 e. The van der Waals surface area contributed by atoms with Crippen molar-refractivity contribution in [2.24, 2.45) is 0 Å². The molecule has 0 aromatic heterocycles. The molecular formula is C14H20BrNO2. The maximum atomic E-state index is 11.5. The minimum atomic E-state index is -0.455. The third kappa shape index (κ3) is 6.05. The van der Waals surface area contributed by atoms with Crippen molar-refractivity contribution in [3.63, 3.8) is 0 Å². The molecule has 4 heteroatoms. The van der Waals surface area contributed by atoms with Crippen LogP contribution < -0.4 is 5.32 Å². The van der Waals surface area contributed by atoms with E-state index in [1.165, 1.54) is 5.56 Å². The Hall–Kier alpha value is -1.03. The monoisotopic (exact) mass is 313 g/mol. The summed E-state index contributed by atoms with van der Waals surface area (Å²) < 4.78 is 5.17. The van der Waals surface area contributed by atoms with Gasteiger partial charge in [0.1, 0.15) is 5.60 Å². The van der Waals surface area contributed by atoms with Crippen LogP contribution in [0.3, 0.4) is 0 Å². The molecule has 0 bridgehead atoms. The maximum Gasteiger partial charge on any atom is 0.407 e. The van der Waals surface area contributed by atoms with Crippen LogP contribution in [0.2, 0.25) is 0 Å². The first kappa shape index (κ1) is 15.0. The molecule has 0 saturated carbocycles. The number of ether oxygens (including phenoxy) is 1. The second kappa shape index (κ2) is 6.78. The molecule has 0 atom stereocenters. The van der Waals surface area contributed by atoms with Crippen molar-refractivity contribution in [2.45, 2.75) is 39.3 Å². The number of halogens is 1. The zero-order valence-corrected chi connectivity index (χ0v) is 12.7. The van der Waals surface area contributed by atoms with Crippen molar-refractivity contribution in [2.75, 3.05) is 5.33 Å². The zero-order chi connectivity index (χ0) is 13.6. The van der Waals surface area contributed by atoms with E-state index < -0.39 is 5.60 Å². The fraction of sp³-hybridized carbons (Fsp3) is 0.500. The number of benzene rings is 1. The molecular weight excluding hydrogens is 294 g/mol. The highest BCUT2D eigenvalue weighted by Gasteiger charge is 2.15. The number of aryl methyl sites for hydroxylation is 1. The summed E-state index contributed by atoms with van der Waals surface area (Å²) in [5, 5.41) is 3.70. The largest absolute Gasteiger partial charge is 0.444 e. The van der Waals surface area contributed by atoms with Crippen LogP contribution >= 0.6 is 15.9 Å². The van der Waals surface area contributed by atoms with Crippen LogP contribution in [0, 0.1) is 0 Å². The van der Waals surface area contributed by atoms with E-state index in [-0.39, 0.29) is 6.09 Å². The molecule has 0 heterocycles. The van der Waals surface area contributed by atoms with Crippen molar-refractivity contribution in [1.82, 2.24) is 5.32 Å². The normalized spacial score (nSPS) is 11.1. The lowest BCUT2D eigenvalue weighted by Crippen LogP contribution is -2.32. The number of amides is 1. The number of carbonyl (C=O) groups excluding carboxylic acids is 1. The molecule has 3 nitrogen and oxygen atoms in total. The molecule has 0 fully saturated rings. The Kier molecular flexibility index (Phi) is 5.66. The van der Waals surface area contributed by atoms with Crippen LogP contribution in [-0.2, 0) is 17.7 Å². The number of alkyl carbamates (subject to hydrolysis) is 1. The number of alkyl halides is 1. The van der Waals surface area contributed by atoms with E-state index in [0.29, 0.717) is 6.54 Å². The minimum absolute atomic E-state index is 0.382. The number of hydrogen-bond acceptors (Lipinski definition) is 2. The van der Waals surface area contributed by atoms with E-state index in [0.717, 1.165) is 17.3 Å². The third-order valence-corrected chi connectivity index (χ3v) is 2.64. The molecule has 0 aliphatic carbocycles. The van der Waals surface area contributed by atoms with Gasteiger partial charge in [0, 0.05) is 11.9 Å². The number of nitrogens with one attached hydrogen (secondary N) is 1. The lowest BCUT2D eigenvalue weighted by molar-refractivity contribution is 0.0523. The van der Waals surface area contributed by atoms with Gasteiger partial charge in [0.05, 0.1) is 0 Å². The average Bonchev–Trinajstić information content (AvgIpc) is 2.26. The predicted octanol–water partition coefficient (Wildman–Crippen LogP) is 3.65. The fourth-order valence-electron chi connectivity index (χ4n) is 1.42. The van der Waals surface area contributed by atoms with Crippen molar-refractivity contribution >= 4 is 22.0 Å². The van der Waals surface area contributed by atoms with Gasteiger partial charge in [0.15, 0.2) is 0 Å². The molecule has 1 aromatic rings. The summed E-state index contributed by atoms with van der Waals surface area (Å²) in [6.07, 6.45) is 0.631. The van der Waals surface area contributed by atoms with Crippen LogP contribution in [0.15, 0.2) is 24.3 Å². The molecule has 0 radical (unpaired) electrons. The van der Waals surface area contributed by atoms with Crippen LogP contribution in [0.5, 0.6) is 0 Å². The number of carbonyl (C=O) groups is 1. The summed E-state index contributed by atoms with van der Waals surface area (Å²) in [5.41, 5.74) is 1.90. The van der Waals surface area contributed by atoms with Gasteiger partial charge in [-0.15, -0.1) is 0 Å². The van der Waals surface area contributed by atoms with Gasteiger partial charge in [0.2, 0.25) is 0 Å². The first-order chi connectivity index (χ1) is 8.40. The minimum Gasteiger partial charge on any atom is -0.444 e. The molecule has 1 amide bonds. The van der Waals surface area contributed by atoms with Gasteiger partial charge < -0.3 is 10.1 Å². The summed E-state index contributed by atoms with van der Waals surface area (Å²) in [6.45, 7) is 6.04. The van der Waals surface area contributed by atoms with Gasteiger partial charge in [-0.3, -0.25) is 0 Å². The Morgan fingerprint density at radius 2 is 1.78 bits per heavy atom. The van der Waals surface area contributed by atoms with Crippen LogP contribution in [-0.4, -0.2) is 17.0 Å². The van der Waals surface area contributed by atoms with E-state index in [4.69, 9.17) is 4.74 Å². The summed E-state index contributed by atoms with van der Waals surface area (Å²) in [7, 11) is 0. The fourth-order valence-corrected chi connectivity index (χ4v) is 1.88. The van der Waals surface area contributed by atoms with Gasteiger partial charge in [-0.05, 0) is 38.3 Å². The summed E-state index contributed by atoms with van der Waals surface area (Å²) >= 11 is 3.41. The van der Waals surface area contributed by atoms with Gasteiger partial charge in [0.25, 0.3) is 0 Å². The molecule has 18 heavy (non-hydrogen) atoms. The summed E-state index contributed by atoms with van der Waals surface area (Å²) in [6, 6.07) is 8.20. The Labute approximate surface area is 117 Å². The van der Waals surface area contributed by atoms with E-state index in [9.17, 15) is 4.79 Å². The Morgan fingerprint density at radius 3 is 2.28 bits per heavy atom. The van der Waals surface area contributed by atoms with E-state index in [1.807, 2.05) is 32.9 Å². The Morgan fingerprint density at radius 1 is 1.22 bits per heavy atom. The van der Waals surface area contributed by atoms with Crippen molar-refractivity contribution < 1.29 is 9.53 Å². The second-order valence-electron chi connectivity index (χ2n) is 5.11. The molecule has 0 aliphatic heterocycles. The number of hydrogen-bond donors (Lipinski definition) is 1. The Balaban J connectivity index is 2.41. The van der Waals surface area contributed by atoms with Crippen molar-refractivity contribution in [3.05, 3.63) is 35.4 Å². The molecule has 0 saturated heterocycles. The van der Waals surface area contributed by atoms with Crippen molar-refractivity contribution in [1.29, 1.82) is 0 Å². The SMILES string of the molecule is CC(C)(C)OC(=O)NCc1ccc(CCBr)cc1. The third-order valence-electron chi connectivity index (χ3n) is 2.24. The first-order valence-electron chi connectivity index (χ1n) is 6.01. The maximum absolute atomic E-state index is 11.5. The summed E-state index contributed by atoms with van der Waals surface area (Å²) in [5.74, 6) is 0. The van der Waals surface area contributed by atoms with Gasteiger partial charge in [-0.2, -0.15) is 0 Å². The lowest BCUT2D eigenvalue weighted by Gasteiger charge is -2.19. The van der Waals surface area contributed by atoms with E-state index in [1.54, 1.807) is 0 Å². The first-order valence-corrected chi connectivity index (χ1v) is 7.13. The van der Waals surface area contributed by atoms with E-state index >= 15 is 0 Å². The molecule has 0 unspecified atom stereocenters. The highest BCUT2D eigenvalue weighted by molar-refractivity contribution is 9.09. The molecule has 1 rings (SSSR count). The number of rotatable bonds is 4. The molecule has 100 valence electrons. The standard InChI is InChI=1S/C14H20BrNO2/c1-14(2,3)18-13(17)16-10-12-6-4-11(5-7-12)8-9-15/h4-7H,8-10H2,1-3H3,(H,16,17). The van der Waals surface area contributed by atoms with Gasteiger partial charge in [-0.1, -0.05) is 40.2 Å². The van der Waals surface area contributed by atoms with Crippen molar-refractivity contribution in [3.8, 4) is 0 Å². The molecule has 0 spiro atoms. The predicted molar refractivity (Wildman–Crippen MR) is 77.0 cm³/mol. The highest BCUT2D eigenvalue weighted by atomic mass is 79.9.